The number of aromatic nitrogens is 2. The van der Waals surface area contributed by atoms with Crippen LogP contribution in [-0.4, -0.2) is 27.9 Å². The molecule has 6 heteroatoms. The first-order valence-electron chi connectivity index (χ1n) is 3.54. The minimum atomic E-state index is -0.116. The number of aldehydes is 1. The molecule has 0 fully saturated rings. The molecule has 0 unspecified atom stereocenters. The number of nitrogens with zero attached hydrogens (tertiary/aromatic N) is 2. The smallest absolute Gasteiger partial charge is 0.236 e. The van der Waals surface area contributed by atoms with Crippen LogP contribution in [0.2, 0.25) is 0 Å². The van der Waals surface area contributed by atoms with E-state index in [1.54, 1.807) is 0 Å². The van der Waals surface area contributed by atoms with Crippen LogP contribution >= 0.6 is 11.8 Å². The Bertz CT molecular complexity index is 380. The zero-order chi connectivity index (χ0) is 9.26. The van der Waals surface area contributed by atoms with Crippen LogP contribution in [0.4, 0.5) is 5.82 Å². The number of carbonyl (C=O) groups excluding carboxylic acids is 2. The third kappa shape index (κ3) is 1.52. The van der Waals surface area contributed by atoms with Gasteiger partial charge in [0.05, 0.1) is 11.9 Å². The first kappa shape index (κ1) is 8.18. The summed E-state index contributed by atoms with van der Waals surface area (Å²) in [4.78, 5) is 29.2. The second kappa shape index (κ2) is 3.14. The molecule has 2 heterocycles. The number of rotatable bonds is 1. The van der Waals surface area contributed by atoms with Crippen LogP contribution in [0.5, 0.6) is 0 Å². The van der Waals surface area contributed by atoms with Gasteiger partial charge < -0.3 is 5.32 Å². The van der Waals surface area contributed by atoms with Crippen LogP contribution < -0.4 is 5.32 Å². The zero-order valence-electron chi connectivity index (χ0n) is 6.48. The highest BCUT2D eigenvalue weighted by Crippen LogP contribution is 2.26. The summed E-state index contributed by atoms with van der Waals surface area (Å²) in [6, 6.07) is 0. The second-order valence-corrected chi connectivity index (χ2v) is 3.37. The number of thioether (sulfide) groups is 1. The number of nitrogens with one attached hydrogen (secondary N) is 1. The van der Waals surface area contributed by atoms with Gasteiger partial charge in [-0.3, -0.25) is 9.59 Å². The Morgan fingerprint density at radius 2 is 2.46 bits per heavy atom. The maximum atomic E-state index is 10.9. The van der Waals surface area contributed by atoms with Crippen LogP contribution in [-0.2, 0) is 4.79 Å². The van der Waals surface area contributed by atoms with Crippen molar-refractivity contribution in [2.45, 2.75) is 5.03 Å². The number of carbonyl (C=O) groups is 2. The van der Waals surface area contributed by atoms with E-state index in [2.05, 4.69) is 15.3 Å². The number of anilines is 1. The van der Waals surface area contributed by atoms with Gasteiger partial charge in [0.25, 0.3) is 0 Å². The van der Waals surface area contributed by atoms with Crippen molar-refractivity contribution in [2.75, 3.05) is 11.1 Å². The number of hydrogen-bond donors (Lipinski definition) is 1. The van der Waals surface area contributed by atoms with Crippen LogP contribution in [0.1, 0.15) is 10.5 Å². The molecule has 1 aliphatic heterocycles. The highest BCUT2D eigenvalue weighted by molar-refractivity contribution is 8.00. The molecule has 0 atom stereocenters. The van der Waals surface area contributed by atoms with Gasteiger partial charge in [-0.15, -0.1) is 0 Å². The van der Waals surface area contributed by atoms with Gasteiger partial charge >= 0.3 is 0 Å². The predicted octanol–water partition coefficient (Wildman–Crippen LogP) is 0.333. The van der Waals surface area contributed by atoms with Crippen LogP contribution in [0.15, 0.2) is 11.2 Å². The molecular formula is C7H5N3O2S. The molecule has 5 nitrogen and oxygen atoms in total. The van der Waals surface area contributed by atoms with E-state index < -0.39 is 0 Å². The molecular weight excluding hydrogens is 190 g/mol. The normalized spacial score (nSPS) is 14.6. The largest absolute Gasteiger partial charge is 0.308 e. The molecule has 0 spiro atoms. The molecule has 13 heavy (non-hydrogen) atoms. The lowest BCUT2D eigenvalue weighted by molar-refractivity contribution is -0.113. The van der Waals surface area contributed by atoms with Gasteiger partial charge in [0.2, 0.25) is 5.91 Å². The summed E-state index contributed by atoms with van der Waals surface area (Å²) in [6.07, 6.45) is 1.98. The summed E-state index contributed by atoms with van der Waals surface area (Å²) in [5.74, 6) is 0.614. The molecule has 0 saturated carbocycles. The van der Waals surface area contributed by atoms with Crippen LogP contribution in [0, 0.1) is 0 Å². The first-order chi connectivity index (χ1) is 6.29. The molecule has 0 aliphatic carbocycles. The SMILES string of the molecule is O=Cc1cnc2c(n1)NC(=O)CS2. The molecule has 1 aromatic heterocycles. The molecule has 0 bridgehead atoms. The average molecular weight is 195 g/mol. The maximum absolute atomic E-state index is 10.9. The van der Waals surface area contributed by atoms with E-state index in [1.165, 1.54) is 18.0 Å². The maximum Gasteiger partial charge on any atom is 0.236 e. The van der Waals surface area contributed by atoms with Crippen molar-refractivity contribution >= 4 is 29.8 Å². The fourth-order valence-corrected chi connectivity index (χ4v) is 1.64. The fourth-order valence-electron chi connectivity index (χ4n) is 0.938. The summed E-state index contributed by atoms with van der Waals surface area (Å²) in [7, 11) is 0. The Morgan fingerprint density at radius 1 is 1.62 bits per heavy atom. The van der Waals surface area contributed by atoms with E-state index in [9.17, 15) is 9.59 Å². The van der Waals surface area contributed by atoms with Crippen molar-refractivity contribution in [1.82, 2.24) is 9.97 Å². The van der Waals surface area contributed by atoms with Crippen molar-refractivity contribution in [1.29, 1.82) is 0 Å². The van der Waals surface area contributed by atoms with Crippen molar-refractivity contribution < 1.29 is 9.59 Å². The Balaban J connectivity index is 2.43. The number of hydrogen-bond acceptors (Lipinski definition) is 5. The van der Waals surface area contributed by atoms with E-state index in [4.69, 9.17) is 0 Å². The van der Waals surface area contributed by atoms with Crippen molar-refractivity contribution in [3.8, 4) is 0 Å². The Hall–Kier alpha value is -1.43. The summed E-state index contributed by atoms with van der Waals surface area (Å²) in [5, 5.41) is 3.20. The van der Waals surface area contributed by atoms with Crippen LogP contribution in [0.3, 0.4) is 0 Å². The van der Waals surface area contributed by atoms with Crippen LogP contribution in [0.25, 0.3) is 0 Å². The Kier molecular flexibility index (Phi) is 1.97. The monoisotopic (exact) mass is 195 g/mol. The second-order valence-electron chi connectivity index (χ2n) is 2.40. The standard InChI is InChI=1S/C7H5N3O2S/c11-2-4-1-8-7-6(9-4)10-5(12)3-13-7/h1-2H,3H2,(H,9,10,12). The van der Waals surface area contributed by atoms with Crippen molar-refractivity contribution in [3.05, 3.63) is 11.9 Å². The summed E-state index contributed by atoms with van der Waals surface area (Å²) >= 11 is 1.31. The van der Waals surface area contributed by atoms with E-state index in [0.29, 0.717) is 22.9 Å². The van der Waals surface area contributed by atoms with E-state index in [-0.39, 0.29) is 11.6 Å². The van der Waals surface area contributed by atoms with Gasteiger partial charge in [0.1, 0.15) is 10.7 Å². The molecule has 0 radical (unpaired) electrons. The van der Waals surface area contributed by atoms with Gasteiger partial charge in [-0.2, -0.15) is 0 Å². The molecule has 0 aromatic carbocycles. The number of fused-ring (bicyclic) bond motifs is 1. The van der Waals surface area contributed by atoms with E-state index >= 15 is 0 Å². The quantitative estimate of drug-likeness (QED) is 0.654. The first-order valence-corrected chi connectivity index (χ1v) is 4.53. The fraction of sp³-hybridized carbons (Fsp3) is 0.143. The lowest BCUT2D eigenvalue weighted by Gasteiger charge is -2.13. The molecule has 1 aromatic rings. The third-order valence-electron chi connectivity index (χ3n) is 1.48. The van der Waals surface area contributed by atoms with E-state index in [0.717, 1.165) is 0 Å². The highest BCUT2D eigenvalue weighted by Gasteiger charge is 2.17. The summed E-state index contributed by atoms with van der Waals surface area (Å²) in [6.45, 7) is 0. The summed E-state index contributed by atoms with van der Waals surface area (Å²) in [5.41, 5.74) is 0.224. The van der Waals surface area contributed by atoms with Gasteiger partial charge in [-0.1, -0.05) is 11.8 Å². The minimum absolute atomic E-state index is 0.116. The minimum Gasteiger partial charge on any atom is -0.308 e. The molecule has 1 aliphatic rings. The molecule has 2 rings (SSSR count). The van der Waals surface area contributed by atoms with Gasteiger partial charge in [-0.25, -0.2) is 9.97 Å². The van der Waals surface area contributed by atoms with Gasteiger partial charge in [0, 0.05) is 0 Å². The average Bonchev–Trinajstić information content (AvgIpc) is 2.16. The molecule has 1 N–H and O–H groups in total. The molecule has 1 amide bonds. The lowest BCUT2D eigenvalue weighted by Crippen LogP contribution is -2.20. The predicted molar refractivity (Wildman–Crippen MR) is 46.8 cm³/mol. The van der Waals surface area contributed by atoms with E-state index in [1.807, 2.05) is 0 Å². The molecule has 66 valence electrons. The lowest BCUT2D eigenvalue weighted by atomic mass is 10.5. The highest BCUT2D eigenvalue weighted by atomic mass is 32.2. The summed E-state index contributed by atoms with van der Waals surface area (Å²) < 4.78 is 0. The topological polar surface area (TPSA) is 72.0 Å². The third-order valence-corrected chi connectivity index (χ3v) is 2.45. The number of amides is 1. The van der Waals surface area contributed by atoms with Crippen molar-refractivity contribution in [2.24, 2.45) is 0 Å². The Labute approximate surface area is 78.0 Å². The zero-order valence-corrected chi connectivity index (χ0v) is 7.30. The van der Waals surface area contributed by atoms with Gasteiger partial charge in [0.15, 0.2) is 12.1 Å². The van der Waals surface area contributed by atoms with Crippen molar-refractivity contribution in [3.63, 3.8) is 0 Å². The Morgan fingerprint density at radius 3 is 3.23 bits per heavy atom. The van der Waals surface area contributed by atoms with Gasteiger partial charge in [-0.05, 0) is 0 Å². The molecule has 0 saturated heterocycles.